The Morgan fingerprint density at radius 3 is 2.37 bits per heavy atom. The van der Waals surface area contributed by atoms with Crippen molar-refractivity contribution in [2.24, 2.45) is 0 Å². The first kappa shape index (κ1) is 22.4. The van der Waals surface area contributed by atoms with Gasteiger partial charge in [-0.05, 0) is 26.3 Å². The van der Waals surface area contributed by atoms with Crippen molar-refractivity contribution in [3.8, 4) is 0 Å². The van der Waals surface area contributed by atoms with Gasteiger partial charge in [0, 0.05) is 26.6 Å². The number of benzene rings is 1. The second-order valence-corrected chi connectivity index (χ2v) is 7.09. The van der Waals surface area contributed by atoms with Crippen LogP contribution in [0.3, 0.4) is 0 Å². The maximum atomic E-state index is 12.1. The molecule has 1 rings (SSSR count). The molecule has 0 aliphatic heterocycles. The maximum absolute atomic E-state index is 12.1. The van der Waals surface area contributed by atoms with Crippen LogP contribution < -0.4 is 5.32 Å². The van der Waals surface area contributed by atoms with Gasteiger partial charge in [0.25, 0.3) is 0 Å². The summed E-state index contributed by atoms with van der Waals surface area (Å²) in [7, 11) is 1.50. The number of amides is 1. The van der Waals surface area contributed by atoms with Gasteiger partial charge in [0.2, 0.25) is 6.10 Å². The fourth-order valence-corrected chi connectivity index (χ4v) is 2.13. The molecule has 0 bridgehead atoms. The van der Waals surface area contributed by atoms with Crippen molar-refractivity contribution in [2.45, 2.75) is 38.9 Å². The fourth-order valence-electron chi connectivity index (χ4n) is 2.13. The Kier molecular flexibility index (Phi) is 8.74. The summed E-state index contributed by atoms with van der Waals surface area (Å²) in [6.45, 7) is 5.95. The van der Waals surface area contributed by atoms with Crippen molar-refractivity contribution in [2.75, 3.05) is 26.7 Å². The summed E-state index contributed by atoms with van der Waals surface area (Å²) >= 11 is 0. The summed E-state index contributed by atoms with van der Waals surface area (Å²) in [5.74, 6) is -1.59. The van der Waals surface area contributed by atoms with Crippen LogP contribution in [0.1, 0.15) is 26.3 Å². The van der Waals surface area contributed by atoms with E-state index in [1.165, 1.54) is 11.9 Å². The van der Waals surface area contributed by atoms with Crippen molar-refractivity contribution in [1.29, 1.82) is 0 Å². The molecule has 0 radical (unpaired) electrons. The number of aliphatic carboxylic acids is 1. The Morgan fingerprint density at radius 2 is 1.81 bits per heavy atom. The number of hydrogen-bond donors (Lipinski definition) is 2. The molecule has 1 unspecified atom stereocenters. The monoisotopic (exact) mass is 380 g/mol. The quantitative estimate of drug-likeness (QED) is 0.496. The Bertz CT molecular complexity index is 627. The minimum absolute atomic E-state index is 0.0198. The standard InChI is InChI=1S/C19H28N2O6/c1-19(2,3)27-16(22)13-20-10-11-21(4)18(25)26-15(17(23)24)12-14-8-6-5-7-9-14/h5-9,15,20H,10-13H2,1-4H3,(H,23,24). The van der Waals surface area contributed by atoms with E-state index < -0.39 is 23.8 Å². The Morgan fingerprint density at radius 1 is 1.19 bits per heavy atom. The van der Waals surface area contributed by atoms with Gasteiger partial charge in [-0.2, -0.15) is 0 Å². The topological polar surface area (TPSA) is 105 Å². The molecule has 2 N–H and O–H groups in total. The predicted molar refractivity (Wildman–Crippen MR) is 99.4 cm³/mol. The number of likely N-dealkylation sites (N-methyl/N-ethyl adjacent to an activating group) is 1. The molecule has 0 aliphatic rings. The molecule has 150 valence electrons. The molecule has 0 aromatic heterocycles. The van der Waals surface area contributed by atoms with Crippen LogP contribution in [-0.2, 0) is 25.5 Å². The Balaban J connectivity index is 2.39. The summed E-state index contributed by atoms with van der Waals surface area (Å²) in [5.41, 5.74) is 0.212. The molecular formula is C19H28N2O6. The lowest BCUT2D eigenvalue weighted by molar-refractivity contribution is -0.153. The number of carboxylic acids is 1. The highest BCUT2D eigenvalue weighted by atomic mass is 16.6. The molecular weight excluding hydrogens is 352 g/mol. The first-order valence-corrected chi connectivity index (χ1v) is 8.69. The minimum Gasteiger partial charge on any atom is -0.478 e. The molecule has 0 heterocycles. The summed E-state index contributed by atoms with van der Waals surface area (Å²) in [4.78, 5) is 36.3. The van der Waals surface area contributed by atoms with Crippen molar-refractivity contribution in [3.63, 3.8) is 0 Å². The van der Waals surface area contributed by atoms with Crippen LogP contribution in [0.5, 0.6) is 0 Å². The van der Waals surface area contributed by atoms with Crippen LogP contribution in [0, 0.1) is 0 Å². The third-order valence-electron chi connectivity index (χ3n) is 3.41. The lowest BCUT2D eigenvalue weighted by Gasteiger charge is -2.21. The fraction of sp³-hybridized carbons (Fsp3) is 0.526. The van der Waals surface area contributed by atoms with Crippen molar-refractivity contribution >= 4 is 18.0 Å². The lowest BCUT2D eigenvalue weighted by Crippen LogP contribution is -2.40. The van der Waals surface area contributed by atoms with Gasteiger partial charge in [0.15, 0.2) is 0 Å². The highest BCUT2D eigenvalue weighted by Gasteiger charge is 2.24. The number of carboxylic acid groups (broad SMARTS) is 1. The van der Waals surface area contributed by atoms with Crippen LogP contribution in [0.2, 0.25) is 0 Å². The van der Waals surface area contributed by atoms with Gasteiger partial charge in [0.1, 0.15) is 5.60 Å². The Hall–Kier alpha value is -2.61. The van der Waals surface area contributed by atoms with Crippen LogP contribution >= 0.6 is 0 Å². The normalized spacial score (nSPS) is 12.1. The van der Waals surface area contributed by atoms with Crippen LogP contribution in [0.15, 0.2) is 30.3 Å². The summed E-state index contributed by atoms with van der Waals surface area (Å²) in [6.07, 6.45) is -1.92. The number of nitrogens with one attached hydrogen (secondary N) is 1. The van der Waals surface area contributed by atoms with E-state index in [2.05, 4.69) is 5.32 Å². The molecule has 27 heavy (non-hydrogen) atoms. The first-order chi connectivity index (χ1) is 12.6. The second-order valence-electron chi connectivity index (χ2n) is 7.09. The van der Waals surface area contributed by atoms with Gasteiger partial charge < -0.3 is 24.8 Å². The number of nitrogens with zero attached hydrogens (tertiary/aromatic N) is 1. The van der Waals surface area contributed by atoms with Gasteiger partial charge in [-0.3, -0.25) is 4.79 Å². The number of ether oxygens (including phenoxy) is 2. The van der Waals surface area contributed by atoms with Crippen LogP contribution in [-0.4, -0.2) is 66.4 Å². The first-order valence-electron chi connectivity index (χ1n) is 8.69. The van der Waals surface area contributed by atoms with E-state index in [1.807, 2.05) is 6.07 Å². The van der Waals surface area contributed by atoms with Crippen molar-refractivity contribution < 1.29 is 29.0 Å². The van der Waals surface area contributed by atoms with E-state index in [0.29, 0.717) is 6.54 Å². The molecule has 1 aromatic carbocycles. The highest BCUT2D eigenvalue weighted by molar-refractivity contribution is 5.77. The van der Waals surface area contributed by atoms with E-state index in [9.17, 15) is 19.5 Å². The number of rotatable bonds is 9. The third kappa shape index (κ3) is 9.60. The van der Waals surface area contributed by atoms with E-state index in [0.717, 1.165) is 5.56 Å². The second kappa shape index (κ2) is 10.5. The minimum atomic E-state index is -1.27. The largest absolute Gasteiger partial charge is 0.478 e. The average Bonchev–Trinajstić information content (AvgIpc) is 2.57. The summed E-state index contributed by atoms with van der Waals surface area (Å²) in [5, 5.41) is 12.1. The average molecular weight is 380 g/mol. The highest BCUT2D eigenvalue weighted by Crippen LogP contribution is 2.08. The molecule has 0 fully saturated rings. The maximum Gasteiger partial charge on any atom is 0.410 e. The molecule has 8 nitrogen and oxygen atoms in total. The lowest BCUT2D eigenvalue weighted by atomic mass is 10.1. The van der Waals surface area contributed by atoms with Gasteiger partial charge in [-0.1, -0.05) is 30.3 Å². The zero-order valence-electron chi connectivity index (χ0n) is 16.2. The number of carbonyl (C=O) groups excluding carboxylic acids is 2. The summed E-state index contributed by atoms with van der Waals surface area (Å²) < 4.78 is 10.2. The van der Waals surface area contributed by atoms with Gasteiger partial charge in [-0.15, -0.1) is 0 Å². The van der Waals surface area contributed by atoms with Gasteiger partial charge in [-0.25, -0.2) is 9.59 Å². The van der Waals surface area contributed by atoms with E-state index >= 15 is 0 Å². The zero-order chi connectivity index (χ0) is 20.4. The van der Waals surface area contributed by atoms with Gasteiger partial charge in [0.05, 0.1) is 6.54 Å². The van der Waals surface area contributed by atoms with Crippen molar-refractivity contribution in [3.05, 3.63) is 35.9 Å². The third-order valence-corrected chi connectivity index (χ3v) is 3.41. The molecule has 8 heteroatoms. The van der Waals surface area contributed by atoms with E-state index in [1.54, 1.807) is 45.0 Å². The zero-order valence-corrected chi connectivity index (χ0v) is 16.2. The molecule has 0 saturated heterocycles. The molecule has 1 amide bonds. The molecule has 1 atom stereocenters. The number of carbonyl (C=O) groups is 3. The smallest absolute Gasteiger partial charge is 0.410 e. The SMILES string of the molecule is CN(CCNCC(=O)OC(C)(C)C)C(=O)OC(Cc1ccccc1)C(=O)O. The van der Waals surface area contributed by atoms with Crippen molar-refractivity contribution in [1.82, 2.24) is 10.2 Å². The summed E-state index contributed by atoms with van der Waals surface area (Å²) in [6, 6.07) is 8.95. The number of hydrogen-bond acceptors (Lipinski definition) is 6. The van der Waals surface area contributed by atoms with Gasteiger partial charge >= 0.3 is 18.0 Å². The molecule has 0 aliphatic carbocycles. The van der Waals surface area contributed by atoms with E-state index in [4.69, 9.17) is 9.47 Å². The Labute approximate surface area is 159 Å². The number of esters is 1. The predicted octanol–water partition coefficient (Wildman–Crippen LogP) is 1.68. The molecule has 0 saturated carbocycles. The molecule has 1 aromatic rings. The van der Waals surface area contributed by atoms with E-state index in [-0.39, 0.29) is 25.5 Å². The van der Waals surface area contributed by atoms with Crippen LogP contribution in [0.4, 0.5) is 4.79 Å². The molecule has 0 spiro atoms. The van der Waals surface area contributed by atoms with Crippen LogP contribution in [0.25, 0.3) is 0 Å².